The summed E-state index contributed by atoms with van der Waals surface area (Å²) in [6, 6.07) is 2.20. The van der Waals surface area contributed by atoms with Crippen molar-refractivity contribution in [2.75, 3.05) is 19.7 Å². The number of benzene rings is 1. The smallest absolute Gasteiger partial charge is 0.426 e. The fourth-order valence-corrected chi connectivity index (χ4v) is 2.87. The highest BCUT2D eigenvalue weighted by Gasteiger charge is 2.64. The number of carbonyl (C=O) groups is 2. The first-order valence-electron chi connectivity index (χ1n) is 8.29. The first-order valence-corrected chi connectivity index (χ1v) is 8.29. The summed E-state index contributed by atoms with van der Waals surface area (Å²) in [7, 11) is 0. The van der Waals surface area contributed by atoms with E-state index in [1.807, 2.05) is 5.32 Å². The van der Waals surface area contributed by atoms with Gasteiger partial charge in [0.2, 0.25) is 0 Å². The van der Waals surface area contributed by atoms with Gasteiger partial charge in [0.15, 0.2) is 0 Å². The van der Waals surface area contributed by atoms with Gasteiger partial charge in [-0.1, -0.05) is 12.1 Å². The summed E-state index contributed by atoms with van der Waals surface area (Å²) in [4.78, 5) is 26.0. The van der Waals surface area contributed by atoms with Gasteiger partial charge in [0.25, 0.3) is 5.54 Å². The second kappa shape index (κ2) is 7.92. The van der Waals surface area contributed by atoms with Crippen LogP contribution in [0, 0.1) is 5.82 Å². The van der Waals surface area contributed by atoms with Crippen molar-refractivity contribution in [3.05, 3.63) is 35.6 Å². The second-order valence-corrected chi connectivity index (χ2v) is 5.95. The van der Waals surface area contributed by atoms with E-state index in [2.05, 4.69) is 4.74 Å². The maximum absolute atomic E-state index is 14.0. The number of piperidine rings is 1. The summed E-state index contributed by atoms with van der Waals surface area (Å²) in [6.45, 7) is 1.64. The predicted molar refractivity (Wildman–Crippen MR) is 84.7 cm³/mol. The number of carbonyl (C=O) groups excluding carboxylic acids is 2. The zero-order valence-electron chi connectivity index (χ0n) is 14.2. The van der Waals surface area contributed by atoms with Crippen molar-refractivity contribution < 1.29 is 31.9 Å². The molecule has 144 valence electrons. The molecular weight excluding hydrogens is 356 g/mol. The molecule has 2 rings (SSSR count). The number of ether oxygens (including phenoxy) is 1. The molecule has 1 unspecified atom stereocenters. The molecular formula is C17H20F4N2O3. The number of hydrogen-bond donors (Lipinski definition) is 1. The molecule has 1 atom stereocenters. The molecule has 5 nitrogen and oxygen atoms in total. The minimum atomic E-state index is -5.19. The van der Waals surface area contributed by atoms with Crippen LogP contribution in [-0.2, 0) is 15.1 Å². The summed E-state index contributed by atoms with van der Waals surface area (Å²) >= 11 is 0. The van der Waals surface area contributed by atoms with Crippen molar-refractivity contribution >= 4 is 12.0 Å². The van der Waals surface area contributed by atoms with E-state index in [0.29, 0.717) is 25.9 Å². The van der Waals surface area contributed by atoms with Crippen LogP contribution in [0.1, 0.15) is 31.7 Å². The van der Waals surface area contributed by atoms with Crippen molar-refractivity contribution in [2.24, 2.45) is 0 Å². The molecule has 0 saturated carbocycles. The lowest BCUT2D eigenvalue weighted by Gasteiger charge is -2.37. The summed E-state index contributed by atoms with van der Waals surface area (Å²) in [5, 5.41) is 1.83. The quantitative estimate of drug-likeness (QED) is 0.648. The minimum Gasteiger partial charge on any atom is -0.464 e. The summed E-state index contributed by atoms with van der Waals surface area (Å²) in [5.74, 6) is -2.43. The highest BCUT2D eigenvalue weighted by Crippen LogP contribution is 2.40. The highest BCUT2D eigenvalue weighted by molar-refractivity contribution is 5.89. The Morgan fingerprint density at radius 3 is 2.19 bits per heavy atom. The monoisotopic (exact) mass is 376 g/mol. The van der Waals surface area contributed by atoms with Crippen molar-refractivity contribution in [1.29, 1.82) is 0 Å². The maximum Gasteiger partial charge on any atom is 0.426 e. The molecule has 1 fully saturated rings. The molecule has 9 heteroatoms. The second-order valence-electron chi connectivity index (χ2n) is 5.95. The Kier molecular flexibility index (Phi) is 6.09. The van der Waals surface area contributed by atoms with Crippen LogP contribution in [0.2, 0.25) is 0 Å². The number of hydrogen-bond acceptors (Lipinski definition) is 3. The van der Waals surface area contributed by atoms with Crippen molar-refractivity contribution in [3.63, 3.8) is 0 Å². The minimum absolute atomic E-state index is 0.298. The predicted octanol–water partition coefficient (Wildman–Crippen LogP) is 3.34. The van der Waals surface area contributed by atoms with Gasteiger partial charge < -0.3 is 15.0 Å². The molecule has 0 spiro atoms. The maximum atomic E-state index is 14.0. The van der Waals surface area contributed by atoms with Crippen LogP contribution in [-0.4, -0.2) is 42.8 Å². The fraction of sp³-hybridized carbons (Fsp3) is 0.529. The van der Waals surface area contributed by atoms with E-state index < -0.39 is 35.1 Å². The number of amides is 2. The standard InChI is InChI=1S/C17H20F4N2O3/c1-2-26-14(24)16(17(19,20)21,12-6-8-13(18)9-7-12)22-15(25)23-10-4-3-5-11-23/h6-9H,2-5,10-11H2,1H3,(H,22,25). The Morgan fingerprint density at radius 1 is 1.12 bits per heavy atom. The summed E-state index contributed by atoms with van der Waals surface area (Å²) in [5.41, 5.74) is -4.03. The third-order valence-electron chi connectivity index (χ3n) is 4.22. The van der Waals surface area contributed by atoms with Crippen LogP contribution in [0.3, 0.4) is 0 Å². The van der Waals surface area contributed by atoms with Gasteiger partial charge in [-0.05, 0) is 43.9 Å². The fourth-order valence-electron chi connectivity index (χ4n) is 2.87. The average Bonchev–Trinajstić information content (AvgIpc) is 2.60. The van der Waals surface area contributed by atoms with Gasteiger partial charge >= 0.3 is 18.2 Å². The number of nitrogens with one attached hydrogen (secondary N) is 1. The van der Waals surface area contributed by atoms with Crippen molar-refractivity contribution in [2.45, 2.75) is 37.9 Å². The zero-order valence-corrected chi connectivity index (χ0v) is 14.2. The van der Waals surface area contributed by atoms with E-state index in [-0.39, 0.29) is 6.61 Å². The van der Waals surface area contributed by atoms with Crippen LogP contribution in [0.5, 0.6) is 0 Å². The lowest BCUT2D eigenvalue weighted by molar-refractivity contribution is -0.214. The van der Waals surface area contributed by atoms with Gasteiger partial charge in [0, 0.05) is 13.1 Å². The molecule has 1 aliphatic rings. The molecule has 2 amide bonds. The van der Waals surface area contributed by atoms with Gasteiger partial charge in [0.05, 0.1) is 6.61 Å². The molecule has 26 heavy (non-hydrogen) atoms. The molecule has 1 heterocycles. The molecule has 0 bridgehead atoms. The van der Waals surface area contributed by atoms with E-state index in [4.69, 9.17) is 0 Å². The van der Waals surface area contributed by atoms with Crippen LogP contribution in [0.4, 0.5) is 22.4 Å². The first-order chi connectivity index (χ1) is 12.2. The summed E-state index contributed by atoms with van der Waals surface area (Å²) in [6.07, 6.45) is -2.97. The van der Waals surface area contributed by atoms with Crippen molar-refractivity contribution in [1.82, 2.24) is 10.2 Å². The van der Waals surface area contributed by atoms with Crippen LogP contribution in [0.25, 0.3) is 0 Å². The Morgan fingerprint density at radius 2 is 1.69 bits per heavy atom. The number of alkyl halides is 3. The lowest BCUT2D eigenvalue weighted by atomic mass is 9.88. The first kappa shape index (κ1) is 20.0. The topological polar surface area (TPSA) is 58.6 Å². The zero-order chi connectivity index (χ0) is 19.4. The van der Waals surface area contributed by atoms with Gasteiger partial charge in [-0.2, -0.15) is 13.2 Å². The van der Waals surface area contributed by atoms with E-state index >= 15 is 0 Å². The average molecular weight is 376 g/mol. The van der Waals surface area contributed by atoms with E-state index in [1.165, 1.54) is 11.8 Å². The highest BCUT2D eigenvalue weighted by atomic mass is 19.4. The lowest BCUT2D eigenvalue weighted by Crippen LogP contribution is -2.64. The molecule has 1 N–H and O–H groups in total. The molecule has 0 aliphatic carbocycles. The molecule has 1 aliphatic heterocycles. The Bertz CT molecular complexity index is 642. The van der Waals surface area contributed by atoms with Crippen LogP contribution in [0.15, 0.2) is 24.3 Å². The van der Waals surface area contributed by atoms with Crippen LogP contribution >= 0.6 is 0 Å². The molecule has 0 aromatic heterocycles. The van der Waals surface area contributed by atoms with Gasteiger partial charge in [-0.25, -0.2) is 14.0 Å². The van der Waals surface area contributed by atoms with E-state index in [1.54, 1.807) is 0 Å². The van der Waals surface area contributed by atoms with Crippen molar-refractivity contribution in [3.8, 4) is 0 Å². The van der Waals surface area contributed by atoms with Gasteiger partial charge in [-0.15, -0.1) is 0 Å². The largest absolute Gasteiger partial charge is 0.464 e. The van der Waals surface area contributed by atoms with Gasteiger partial charge in [-0.3, -0.25) is 0 Å². The Hall–Kier alpha value is -2.32. The molecule has 1 aromatic carbocycles. The number of likely N-dealkylation sites (tertiary alicyclic amines) is 1. The molecule has 1 saturated heterocycles. The number of urea groups is 1. The molecule has 1 aromatic rings. The Labute approximate surface area is 148 Å². The number of esters is 1. The van der Waals surface area contributed by atoms with E-state index in [0.717, 1.165) is 30.7 Å². The molecule has 0 radical (unpaired) electrons. The van der Waals surface area contributed by atoms with E-state index in [9.17, 15) is 27.2 Å². The Balaban J connectivity index is 2.49. The normalized spacial score (nSPS) is 17.3. The number of rotatable bonds is 4. The van der Waals surface area contributed by atoms with Gasteiger partial charge in [0.1, 0.15) is 5.82 Å². The third kappa shape index (κ3) is 3.91. The number of nitrogens with zero attached hydrogens (tertiary/aromatic N) is 1. The summed E-state index contributed by atoms with van der Waals surface area (Å²) < 4.78 is 59.9. The SMILES string of the molecule is CCOC(=O)C(NC(=O)N1CCCCC1)(c1ccc(F)cc1)C(F)(F)F. The van der Waals surface area contributed by atoms with Crippen LogP contribution < -0.4 is 5.32 Å². The third-order valence-corrected chi connectivity index (χ3v) is 4.22. The number of halogens is 4.